The largest absolute Gasteiger partial charge is 0.356 e. The van der Waals surface area contributed by atoms with Gasteiger partial charge in [0.25, 0.3) is 0 Å². The third-order valence-electron chi connectivity index (χ3n) is 4.06. The summed E-state index contributed by atoms with van der Waals surface area (Å²) in [5.41, 5.74) is 2.32. The third kappa shape index (κ3) is 3.30. The maximum atomic E-state index is 13.0. The van der Waals surface area contributed by atoms with Crippen molar-refractivity contribution >= 4 is 10.0 Å². The molecule has 1 aromatic carbocycles. The van der Waals surface area contributed by atoms with Crippen LogP contribution in [0.1, 0.15) is 31.0 Å². The Morgan fingerprint density at radius 3 is 2.74 bits per heavy atom. The van der Waals surface area contributed by atoms with Crippen LogP contribution in [0.25, 0.3) is 11.3 Å². The summed E-state index contributed by atoms with van der Waals surface area (Å²) >= 11 is 0. The molecule has 7 heteroatoms. The van der Waals surface area contributed by atoms with Gasteiger partial charge in [0.2, 0.25) is 10.0 Å². The molecule has 23 heavy (non-hydrogen) atoms. The lowest BCUT2D eigenvalue weighted by atomic mass is 10.0. The topological polar surface area (TPSA) is 63.4 Å². The van der Waals surface area contributed by atoms with Crippen LogP contribution in [0.2, 0.25) is 0 Å². The summed E-state index contributed by atoms with van der Waals surface area (Å²) in [7, 11) is -3.25. The maximum absolute atomic E-state index is 13.0. The second-order valence-electron chi connectivity index (χ2n) is 5.70. The zero-order valence-electron chi connectivity index (χ0n) is 13.0. The summed E-state index contributed by atoms with van der Waals surface area (Å²) in [5.74, 6) is 0.461. The van der Waals surface area contributed by atoms with Gasteiger partial charge in [0.1, 0.15) is 11.5 Å². The van der Waals surface area contributed by atoms with Crippen molar-refractivity contribution in [3.8, 4) is 11.3 Å². The summed E-state index contributed by atoms with van der Waals surface area (Å²) in [5, 5.41) is 4.02. The fourth-order valence-electron chi connectivity index (χ4n) is 2.73. The summed E-state index contributed by atoms with van der Waals surface area (Å²) in [6.07, 6.45) is 2.05. The summed E-state index contributed by atoms with van der Waals surface area (Å²) in [4.78, 5) is 0. The first-order valence-corrected chi connectivity index (χ1v) is 9.33. The molecule has 5 nitrogen and oxygen atoms in total. The van der Waals surface area contributed by atoms with Crippen LogP contribution in [0.4, 0.5) is 4.39 Å². The van der Waals surface area contributed by atoms with E-state index in [0.717, 1.165) is 17.5 Å². The number of halogens is 1. The van der Waals surface area contributed by atoms with E-state index >= 15 is 0 Å². The highest BCUT2D eigenvalue weighted by atomic mass is 32.2. The van der Waals surface area contributed by atoms with Crippen molar-refractivity contribution in [3.05, 3.63) is 41.3 Å². The number of sulfonamides is 1. The molecule has 0 spiro atoms. The van der Waals surface area contributed by atoms with Crippen molar-refractivity contribution in [2.75, 3.05) is 12.3 Å². The quantitative estimate of drug-likeness (QED) is 0.841. The number of hydrogen-bond donors (Lipinski definition) is 0. The van der Waals surface area contributed by atoms with Gasteiger partial charge in [0.05, 0.1) is 12.3 Å². The predicted molar refractivity (Wildman–Crippen MR) is 84.7 cm³/mol. The van der Waals surface area contributed by atoms with E-state index < -0.39 is 10.0 Å². The normalized spacial score (nSPS) is 15.6. The van der Waals surface area contributed by atoms with Gasteiger partial charge < -0.3 is 4.52 Å². The molecule has 0 bridgehead atoms. The lowest BCUT2D eigenvalue weighted by Crippen LogP contribution is -2.37. The fraction of sp³-hybridized carbons (Fsp3) is 0.438. The molecule has 0 saturated heterocycles. The molecule has 1 aromatic heterocycles. The molecule has 0 N–H and O–H groups in total. The molecule has 0 amide bonds. The molecule has 0 radical (unpaired) electrons. The Balaban J connectivity index is 1.83. The molecule has 124 valence electrons. The van der Waals surface area contributed by atoms with Crippen molar-refractivity contribution in [1.82, 2.24) is 9.46 Å². The number of nitrogens with zero attached hydrogens (tertiary/aromatic N) is 2. The molecule has 0 aliphatic carbocycles. The van der Waals surface area contributed by atoms with Crippen LogP contribution in [0.5, 0.6) is 0 Å². The third-order valence-corrected chi connectivity index (χ3v) is 5.97. The van der Waals surface area contributed by atoms with Crippen molar-refractivity contribution in [2.24, 2.45) is 0 Å². The van der Waals surface area contributed by atoms with E-state index in [0.29, 0.717) is 30.8 Å². The Hall–Kier alpha value is -1.73. The first kappa shape index (κ1) is 16.1. The van der Waals surface area contributed by atoms with Crippen molar-refractivity contribution in [3.63, 3.8) is 0 Å². The standard InChI is InChI=1S/C16H19FN2O3S/c1-2-3-10-23(20,21)19-9-8-14-15(11-19)18-22-16(14)12-4-6-13(17)7-5-12/h4-7H,2-3,8-11H2,1H3. The van der Waals surface area contributed by atoms with Gasteiger partial charge in [-0.05, 0) is 37.1 Å². The monoisotopic (exact) mass is 338 g/mol. The summed E-state index contributed by atoms with van der Waals surface area (Å²) < 4.78 is 44.5. The maximum Gasteiger partial charge on any atom is 0.214 e. The molecule has 1 aliphatic heterocycles. The molecule has 2 heterocycles. The Morgan fingerprint density at radius 2 is 2.04 bits per heavy atom. The molecular formula is C16H19FN2O3S. The van der Waals surface area contributed by atoms with Gasteiger partial charge in [-0.15, -0.1) is 0 Å². The number of benzene rings is 1. The minimum atomic E-state index is -3.25. The van der Waals surface area contributed by atoms with Crippen LogP contribution in [-0.2, 0) is 23.0 Å². The predicted octanol–water partition coefficient (Wildman–Crippen LogP) is 2.97. The molecule has 0 unspecified atom stereocenters. The fourth-order valence-corrected chi connectivity index (χ4v) is 4.33. The Morgan fingerprint density at radius 1 is 1.30 bits per heavy atom. The second kappa shape index (κ2) is 6.41. The van der Waals surface area contributed by atoms with E-state index in [1.54, 1.807) is 12.1 Å². The van der Waals surface area contributed by atoms with E-state index in [1.165, 1.54) is 16.4 Å². The minimum absolute atomic E-state index is 0.168. The molecule has 1 aliphatic rings. The Bertz CT molecular complexity index is 784. The van der Waals surface area contributed by atoms with Gasteiger partial charge in [-0.2, -0.15) is 4.31 Å². The highest BCUT2D eigenvalue weighted by Gasteiger charge is 2.30. The van der Waals surface area contributed by atoms with Gasteiger partial charge >= 0.3 is 0 Å². The number of unbranched alkanes of at least 4 members (excludes halogenated alkanes) is 1. The molecule has 0 saturated carbocycles. The first-order valence-electron chi connectivity index (χ1n) is 7.72. The molecule has 3 rings (SSSR count). The Kier molecular flexibility index (Phi) is 4.50. The van der Waals surface area contributed by atoms with Gasteiger partial charge in [-0.3, -0.25) is 0 Å². The number of rotatable bonds is 5. The van der Waals surface area contributed by atoms with Crippen LogP contribution in [-0.4, -0.2) is 30.2 Å². The van der Waals surface area contributed by atoms with Crippen molar-refractivity contribution in [1.29, 1.82) is 0 Å². The first-order chi connectivity index (χ1) is 11.0. The highest BCUT2D eigenvalue weighted by Crippen LogP contribution is 2.31. The molecule has 2 aromatic rings. The zero-order valence-corrected chi connectivity index (χ0v) is 13.8. The smallest absolute Gasteiger partial charge is 0.214 e. The van der Waals surface area contributed by atoms with E-state index in [9.17, 15) is 12.8 Å². The van der Waals surface area contributed by atoms with E-state index in [4.69, 9.17) is 4.52 Å². The van der Waals surface area contributed by atoms with Crippen LogP contribution < -0.4 is 0 Å². The molecule has 0 atom stereocenters. The van der Waals surface area contributed by atoms with E-state index in [1.807, 2.05) is 6.92 Å². The molecule has 0 fully saturated rings. The average Bonchev–Trinajstić information content (AvgIpc) is 2.97. The minimum Gasteiger partial charge on any atom is -0.356 e. The summed E-state index contributed by atoms with van der Waals surface area (Å²) in [6.45, 7) is 2.64. The average molecular weight is 338 g/mol. The zero-order chi connectivity index (χ0) is 16.4. The number of aromatic nitrogens is 1. The highest BCUT2D eigenvalue weighted by molar-refractivity contribution is 7.89. The van der Waals surface area contributed by atoms with E-state index in [-0.39, 0.29) is 18.1 Å². The van der Waals surface area contributed by atoms with Crippen LogP contribution in [0.3, 0.4) is 0 Å². The number of fused-ring (bicyclic) bond motifs is 1. The molecular weight excluding hydrogens is 319 g/mol. The van der Waals surface area contributed by atoms with Gasteiger partial charge in [-0.25, -0.2) is 12.8 Å². The van der Waals surface area contributed by atoms with Crippen LogP contribution >= 0.6 is 0 Å². The van der Waals surface area contributed by atoms with Crippen molar-refractivity contribution in [2.45, 2.75) is 32.7 Å². The van der Waals surface area contributed by atoms with Crippen LogP contribution in [0.15, 0.2) is 28.8 Å². The lowest BCUT2D eigenvalue weighted by Gasteiger charge is -2.25. The SMILES string of the molecule is CCCCS(=O)(=O)N1CCc2c(noc2-c2ccc(F)cc2)C1. The second-order valence-corrected chi connectivity index (χ2v) is 7.79. The van der Waals surface area contributed by atoms with Gasteiger partial charge in [0.15, 0.2) is 5.76 Å². The van der Waals surface area contributed by atoms with Crippen LogP contribution in [0, 0.1) is 5.82 Å². The van der Waals surface area contributed by atoms with E-state index in [2.05, 4.69) is 5.16 Å². The number of hydrogen-bond acceptors (Lipinski definition) is 4. The van der Waals surface area contributed by atoms with Gasteiger partial charge in [0, 0.05) is 17.7 Å². The Labute approximate surface area is 135 Å². The lowest BCUT2D eigenvalue weighted by molar-refractivity contribution is 0.370. The van der Waals surface area contributed by atoms with Crippen molar-refractivity contribution < 1.29 is 17.3 Å². The summed E-state index contributed by atoms with van der Waals surface area (Å²) in [6, 6.07) is 6.02. The van der Waals surface area contributed by atoms with Gasteiger partial charge in [-0.1, -0.05) is 18.5 Å².